The first-order valence-corrected chi connectivity index (χ1v) is 16.7. The van der Waals surface area contributed by atoms with Crippen LogP contribution in [-0.2, 0) is 0 Å². The van der Waals surface area contributed by atoms with Gasteiger partial charge >= 0.3 is 72.1 Å². The summed E-state index contributed by atoms with van der Waals surface area (Å²) in [6, 6.07) is 0. The van der Waals surface area contributed by atoms with E-state index in [0.717, 1.165) is 0 Å². The number of allylic oxidation sites excluding steroid dienone is 12. The lowest BCUT2D eigenvalue weighted by molar-refractivity contribution is -0.343. The SMILES string of the molecule is FC(F)(F)C(F)(F)C(F)(F)C1=C2C=C(Cl)C(=N2)C(C(F)(F)C(F)(F)C(F)(F)F)=C2C=CC(=N2)C(C(F)(F)C(F)(F)C(F)(F)F)=C2C=C(Cl)C(=N2)C(C(F)(F)C(F)(F)C(F)(F)F)=C2C=CC1=N2. The Bertz CT molecular complexity index is 2290. The second-order valence-corrected chi connectivity index (χ2v) is 14.0. The first-order chi connectivity index (χ1) is 29.2. The molecule has 364 valence electrons. The fourth-order valence-electron chi connectivity index (χ4n) is 5.78. The van der Waals surface area contributed by atoms with Crippen molar-refractivity contribution in [2.75, 3.05) is 0 Å². The molecule has 0 N–H and O–H groups in total. The molecule has 5 aliphatic rings. The second-order valence-electron chi connectivity index (χ2n) is 13.2. The molecule has 0 radical (unpaired) electrons. The number of nitrogens with zero attached hydrogens (tertiary/aromatic N) is 4. The van der Waals surface area contributed by atoms with E-state index in [-0.39, 0.29) is 0 Å². The molecule has 0 atom stereocenters. The number of hydrogen-bond donors (Lipinski definition) is 0. The average Bonchev–Trinajstić information content (AvgIpc) is 3.92. The normalized spacial score (nSPS) is 20.2. The van der Waals surface area contributed by atoms with Crippen LogP contribution in [0.25, 0.3) is 0 Å². The number of fused-ring (bicyclic) bond motifs is 4. The molecule has 0 saturated heterocycles. The van der Waals surface area contributed by atoms with Crippen molar-refractivity contribution in [2.24, 2.45) is 20.0 Å². The zero-order chi connectivity index (χ0) is 51.2. The van der Waals surface area contributed by atoms with Gasteiger partial charge in [0.1, 0.15) is 0 Å². The maximum absolute atomic E-state index is 15.7. The van der Waals surface area contributed by atoms with Crippen molar-refractivity contribution in [1.29, 1.82) is 0 Å². The van der Waals surface area contributed by atoms with E-state index in [2.05, 4.69) is 20.0 Å². The summed E-state index contributed by atoms with van der Waals surface area (Å²) in [6.07, 6.45) is -33.9. The second kappa shape index (κ2) is 14.9. The van der Waals surface area contributed by atoms with Crippen LogP contribution in [0.2, 0.25) is 0 Å². The maximum Gasteiger partial charge on any atom is 0.460 e. The molecule has 0 aromatic carbocycles. The van der Waals surface area contributed by atoms with Crippen LogP contribution in [0.15, 0.2) is 112 Å². The zero-order valence-corrected chi connectivity index (χ0v) is 31.1. The Kier molecular flexibility index (Phi) is 11.8. The van der Waals surface area contributed by atoms with E-state index in [1.54, 1.807) is 0 Å². The smallest absolute Gasteiger partial charge is 0.248 e. The van der Waals surface area contributed by atoms with Gasteiger partial charge in [-0.2, -0.15) is 123 Å². The molecule has 4 nitrogen and oxygen atoms in total. The first kappa shape index (κ1) is 52.2. The zero-order valence-electron chi connectivity index (χ0n) is 29.6. The summed E-state index contributed by atoms with van der Waals surface area (Å²) in [5.74, 6) is -59.2. The molecular formula is C32H6Cl2F28N4. The Morgan fingerprint density at radius 3 is 0.742 bits per heavy atom. The molecule has 34 heteroatoms. The van der Waals surface area contributed by atoms with Crippen LogP contribution in [0.4, 0.5) is 123 Å². The van der Waals surface area contributed by atoms with Gasteiger partial charge in [0, 0.05) is 0 Å². The Morgan fingerprint density at radius 1 is 0.288 bits per heavy atom. The van der Waals surface area contributed by atoms with Crippen LogP contribution in [-0.4, -0.2) is 94.9 Å². The highest BCUT2D eigenvalue weighted by molar-refractivity contribution is 6.48. The summed E-state index contributed by atoms with van der Waals surface area (Å²) in [6.45, 7) is 0. The Hall–Kier alpha value is -4.78. The van der Waals surface area contributed by atoms with Crippen molar-refractivity contribution < 1.29 is 123 Å². The third kappa shape index (κ3) is 7.35. The number of rotatable bonds is 8. The molecule has 5 rings (SSSR count). The van der Waals surface area contributed by atoms with Gasteiger partial charge in [0.05, 0.1) is 78.0 Å². The Balaban J connectivity index is 2.15. The highest BCUT2D eigenvalue weighted by Gasteiger charge is 2.79. The van der Waals surface area contributed by atoms with E-state index < -0.39 is 187 Å². The van der Waals surface area contributed by atoms with E-state index in [0.29, 0.717) is 0 Å². The summed E-state index contributed by atoms with van der Waals surface area (Å²) in [7, 11) is 0. The fraction of sp³-hybridized carbons (Fsp3) is 0.375. The minimum absolute atomic E-state index is 0.595. The molecule has 5 aliphatic heterocycles. The van der Waals surface area contributed by atoms with E-state index in [9.17, 15) is 87.8 Å². The van der Waals surface area contributed by atoms with Crippen molar-refractivity contribution in [3.05, 3.63) is 91.6 Å². The highest BCUT2D eigenvalue weighted by Crippen LogP contribution is 2.58. The molecule has 0 spiro atoms. The van der Waals surface area contributed by atoms with Crippen LogP contribution in [0.5, 0.6) is 0 Å². The van der Waals surface area contributed by atoms with E-state index in [4.69, 9.17) is 23.2 Å². The topological polar surface area (TPSA) is 49.4 Å². The molecule has 8 bridgehead atoms. The van der Waals surface area contributed by atoms with Crippen molar-refractivity contribution in [3.63, 3.8) is 0 Å². The third-order valence-corrected chi connectivity index (χ3v) is 9.57. The van der Waals surface area contributed by atoms with Gasteiger partial charge in [0.25, 0.3) is 0 Å². The molecular weight excluding hydrogens is 1040 g/mol. The minimum Gasteiger partial charge on any atom is -0.248 e. The predicted octanol–water partition coefficient (Wildman–Crippen LogP) is 13.5. The van der Waals surface area contributed by atoms with Crippen molar-refractivity contribution in [2.45, 2.75) is 72.1 Å². The summed E-state index contributed by atoms with van der Waals surface area (Å²) in [4.78, 5) is 10.3. The van der Waals surface area contributed by atoms with Crippen molar-refractivity contribution in [1.82, 2.24) is 0 Å². The average molecular weight is 1050 g/mol. The number of alkyl halides is 28. The number of halogens is 30. The maximum atomic E-state index is 15.7. The van der Waals surface area contributed by atoms with Gasteiger partial charge in [-0.3, -0.25) is 0 Å². The van der Waals surface area contributed by atoms with Gasteiger partial charge in [-0.05, 0) is 36.5 Å². The van der Waals surface area contributed by atoms with Gasteiger partial charge in [0.2, 0.25) is 0 Å². The van der Waals surface area contributed by atoms with Gasteiger partial charge in [-0.25, -0.2) is 20.0 Å². The third-order valence-electron chi connectivity index (χ3n) is 8.99. The van der Waals surface area contributed by atoms with Gasteiger partial charge in [-0.15, -0.1) is 0 Å². The first-order valence-electron chi connectivity index (χ1n) is 15.9. The van der Waals surface area contributed by atoms with Crippen LogP contribution >= 0.6 is 23.2 Å². The lowest BCUT2D eigenvalue weighted by atomic mass is 9.94. The fourth-order valence-corrected chi connectivity index (χ4v) is 6.26. The van der Waals surface area contributed by atoms with Crippen LogP contribution in [0.1, 0.15) is 0 Å². The molecule has 66 heavy (non-hydrogen) atoms. The molecule has 0 amide bonds. The van der Waals surface area contributed by atoms with E-state index in [1.807, 2.05) is 0 Å². The monoisotopic (exact) mass is 1050 g/mol. The molecule has 0 aromatic heterocycles. The molecule has 0 fully saturated rings. The highest BCUT2D eigenvalue weighted by atomic mass is 35.5. The largest absolute Gasteiger partial charge is 0.460 e. The summed E-state index contributed by atoms with van der Waals surface area (Å²) >= 11 is 11.1. The summed E-state index contributed by atoms with van der Waals surface area (Å²) < 4.78 is 405. The van der Waals surface area contributed by atoms with Gasteiger partial charge in [0.15, 0.2) is 0 Å². The van der Waals surface area contributed by atoms with Gasteiger partial charge in [-0.1, -0.05) is 23.2 Å². The van der Waals surface area contributed by atoms with Gasteiger partial charge < -0.3 is 0 Å². The molecule has 0 saturated carbocycles. The molecule has 0 aromatic rings. The number of aliphatic imine (C=N–C) groups is 4. The van der Waals surface area contributed by atoms with E-state index in [1.165, 1.54) is 0 Å². The lowest BCUT2D eigenvalue weighted by Crippen LogP contribution is -2.54. The van der Waals surface area contributed by atoms with Crippen molar-refractivity contribution in [3.8, 4) is 0 Å². The molecule has 5 heterocycles. The molecule has 0 aliphatic carbocycles. The lowest BCUT2D eigenvalue weighted by Gasteiger charge is -2.31. The Labute approximate surface area is 352 Å². The Morgan fingerprint density at radius 2 is 0.515 bits per heavy atom. The summed E-state index contributed by atoms with van der Waals surface area (Å²) in [5, 5.41) is -4.37. The number of hydrogen-bond acceptors (Lipinski definition) is 4. The molecule has 0 unspecified atom stereocenters. The quantitative estimate of drug-likeness (QED) is 0.218. The predicted molar refractivity (Wildman–Crippen MR) is 168 cm³/mol. The standard InChI is InChI=1S/C32H6Cl2F28N4/c33-7-5-13-15(21(35,36)25(43,44)29(51,52)53)9-1-3-11(63-9)17(23(39,40)27(47,48)31(57,58)59)19-8(34)6-14(66-19)16(22(37,38)26(45,46)30(54,55)56)10-2-4-12(64-10)18(20(7)65-13)24(41,42)28(49,50)32(60,61)62/h1-6H. The van der Waals surface area contributed by atoms with Crippen molar-refractivity contribution >= 4 is 46.0 Å². The van der Waals surface area contributed by atoms with Crippen LogP contribution < -0.4 is 0 Å². The summed E-state index contributed by atoms with van der Waals surface area (Å²) in [5.41, 5.74) is -34.3. The minimum atomic E-state index is -7.62. The van der Waals surface area contributed by atoms with Crippen LogP contribution in [0, 0.1) is 0 Å². The van der Waals surface area contributed by atoms with Crippen LogP contribution in [0.3, 0.4) is 0 Å². The van der Waals surface area contributed by atoms with E-state index >= 15 is 35.1 Å².